The first-order chi connectivity index (χ1) is 11.6. The van der Waals surface area contributed by atoms with E-state index in [1.165, 1.54) is 5.56 Å². The first kappa shape index (κ1) is 16.7. The highest BCUT2D eigenvalue weighted by atomic mass is 16.2. The fraction of sp³-hybridized carbons (Fsp3) is 0.474. The van der Waals surface area contributed by atoms with Gasteiger partial charge in [0.25, 0.3) is 5.91 Å². The monoisotopic (exact) mass is 327 g/mol. The van der Waals surface area contributed by atoms with E-state index in [2.05, 4.69) is 24.2 Å². The zero-order chi connectivity index (χ0) is 17.1. The molecule has 128 valence electrons. The molecule has 5 nitrogen and oxygen atoms in total. The van der Waals surface area contributed by atoms with Crippen molar-refractivity contribution in [1.29, 1.82) is 0 Å². The van der Waals surface area contributed by atoms with Gasteiger partial charge in [0.1, 0.15) is 0 Å². The van der Waals surface area contributed by atoms with Crippen molar-refractivity contribution in [2.75, 3.05) is 32.7 Å². The van der Waals surface area contributed by atoms with Crippen molar-refractivity contribution >= 4 is 5.91 Å². The molecule has 0 radical (unpaired) electrons. The zero-order valence-electron chi connectivity index (χ0n) is 14.9. The van der Waals surface area contributed by atoms with E-state index < -0.39 is 0 Å². The average Bonchev–Trinajstić information content (AvgIpc) is 2.89. The Balaban J connectivity index is 1.77. The quantitative estimate of drug-likeness (QED) is 0.907. The van der Waals surface area contributed by atoms with Gasteiger partial charge in [0.15, 0.2) is 0 Å². The van der Waals surface area contributed by atoms with Crippen LogP contribution in [0, 0.1) is 13.8 Å². The molecule has 1 aromatic carbocycles. The largest absolute Gasteiger partial charge is 0.332 e. The van der Waals surface area contributed by atoms with Crippen molar-refractivity contribution in [1.82, 2.24) is 14.7 Å². The van der Waals surface area contributed by atoms with E-state index in [0.29, 0.717) is 6.54 Å². The van der Waals surface area contributed by atoms with Crippen LogP contribution in [0.3, 0.4) is 0 Å². The van der Waals surface area contributed by atoms with Crippen LogP contribution in [0.2, 0.25) is 0 Å². The molecule has 1 amide bonds. The van der Waals surface area contributed by atoms with Crippen LogP contribution in [0.25, 0.3) is 0 Å². The molecule has 1 fully saturated rings. The summed E-state index contributed by atoms with van der Waals surface area (Å²) >= 11 is 0. The Bertz CT molecular complexity index is 700. The average molecular weight is 327 g/mol. The van der Waals surface area contributed by atoms with Crippen LogP contribution >= 0.6 is 0 Å². The number of nitrogens with one attached hydrogen (secondary N) is 1. The number of hydrogen-bond donors (Lipinski definition) is 1. The van der Waals surface area contributed by atoms with Crippen molar-refractivity contribution < 1.29 is 9.69 Å². The number of quaternary nitrogens is 1. The molecule has 1 N–H and O–H groups in total. The standard InChI is InChI=1S/C19H26N4O/c1-4-21-10-12-22(13-11-21)19(24)18-15(2)20-23(16(18)3)14-17-8-6-5-7-9-17/h5-9H,4,10-14H2,1-3H3/p+1. The fourth-order valence-corrected chi connectivity index (χ4v) is 3.45. The van der Waals surface area contributed by atoms with Crippen molar-refractivity contribution in [3.05, 3.63) is 52.8 Å². The van der Waals surface area contributed by atoms with Gasteiger partial charge in [-0.2, -0.15) is 5.10 Å². The minimum absolute atomic E-state index is 0.138. The predicted molar refractivity (Wildman–Crippen MR) is 94.4 cm³/mol. The summed E-state index contributed by atoms with van der Waals surface area (Å²) in [7, 11) is 0. The van der Waals surface area contributed by atoms with Gasteiger partial charge in [-0.1, -0.05) is 30.3 Å². The maximum atomic E-state index is 13.0. The molecular formula is C19H27N4O+. The lowest BCUT2D eigenvalue weighted by Gasteiger charge is -2.31. The number of benzene rings is 1. The van der Waals surface area contributed by atoms with Gasteiger partial charge in [0, 0.05) is 5.69 Å². The van der Waals surface area contributed by atoms with Gasteiger partial charge >= 0.3 is 0 Å². The van der Waals surface area contributed by atoms with Gasteiger partial charge in [0.2, 0.25) is 0 Å². The topological polar surface area (TPSA) is 42.6 Å². The maximum absolute atomic E-state index is 13.0. The van der Waals surface area contributed by atoms with Gasteiger partial charge in [0.05, 0.1) is 50.5 Å². The Kier molecular flexibility index (Phi) is 5.00. The molecule has 0 unspecified atom stereocenters. The summed E-state index contributed by atoms with van der Waals surface area (Å²) in [6.07, 6.45) is 0. The minimum atomic E-state index is 0.138. The van der Waals surface area contributed by atoms with Crippen LogP contribution in [-0.4, -0.2) is 53.3 Å². The second kappa shape index (κ2) is 7.18. The number of rotatable bonds is 4. The zero-order valence-corrected chi connectivity index (χ0v) is 14.9. The van der Waals surface area contributed by atoms with Crippen molar-refractivity contribution in [2.24, 2.45) is 0 Å². The Morgan fingerprint density at radius 2 is 1.83 bits per heavy atom. The smallest absolute Gasteiger partial charge is 0.258 e. The van der Waals surface area contributed by atoms with E-state index >= 15 is 0 Å². The van der Waals surface area contributed by atoms with Crippen LogP contribution in [0.15, 0.2) is 30.3 Å². The molecule has 24 heavy (non-hydrogen) atoms. The number of hydrogen-bond acceptors (Lipinski definition) is 2. The fourth-order valence-electron chi connectivity index (χ4n) is 3.45. The van der Waals surface area contributed by atoms with Gasteiger partial charge in [-0.05, 0) is 26.3 Å². The van der Waals surface area contributed by atoms with Crippen LogP contribution < -0.4 is 4.90 Å². The van der Waals surface area contributed by atoms with Gasteiger partial charge in [-0.25, -0.2) is 0 Å². The molecule has 0 bridgehead atoms. The number of aromatic nitrogens is 2. The Morgan fingerprint density at radius 1 is 1.17 bits per heavy atom. The summed E-state index contributed by atoms with van der Waals surface area (Å²) in [5.41, 5.74) is 3.78. The van der Waals surface area contributed by atoms with Crippen LogP contribution in [0.4, 0.5) is 0 Å². The summed E-state index contributed by atoms with van der Waals surface area (Å²) in [6, 6.07) is 10.2. The number of carbonyl (C=O) groups is 1. The number of carbonyl (C=O) groups excluding carboxylic acids is 1. The Hall–Kier alpha value is -2.14. The molecule has 1 aromatic heterocycles. The van der Waals surface area contributed by atoms with Crippen LogP contribution in [0.1, 0.15) is 34.2 Å². The lowest BCUT2D eigenvalue weighted by atomic mass is 10.1. The summed E-state index contributed by atoms with van der Waals surface area (Å²) in [5, 5.41) is 4.62. The van der Waals surface area contributed by atoms with Crippen molar-refractivity contribution in [2.45, 2.75) is 27.3 Å². The predicted octanol–water partition coefficient (Wildman–Crippen LogP) is 0.909. The molecule has 3 rings (SSSR count). The van der Waals surface area contributed by atoms with Gasteiger partial charge < -0.3 is 9.80 Å². The molecule has 2 heterocycles. The molecule has 0 saturated carbocycles. The third-order valence-electron chi connectivity index (χ3n) is 5.03. The van der Waals surface area contributed by atoms with E-state index in [0.717, 1.165) is 49.7 Å². The summed E-state index contributed by atoms with van der Waals surface area (Å²) in [4.78, 5) is 16.5. The third-order valence-corrected chi connectivity index (χ3v) is 5.03. The summed E-state index contributed by atoms with van der Waals surface area (Å²) < 4.78 is 1.95. The molecule has 1 aliphatic heterocycles. The number of amides is 1. The summed E-state index contributed by atoms with van der Waals surface area (Å²) in [6.45, 7) is 11.7. The second-order valence-electron chi connectivity index (χ2n) is 6.58. The molecule has 0 aliphatic carbocycles. The highest BCUT2D eigenvalue weighted by Crippen LogP contribution is 2.17. The Labute approximate surface area is 143 Å². The molecule has 0 atom stereocenters. The summed E-state index contributed by atoms with van der Waals surface area (Å²) in [5.74, 6) is 0.138. The van der Waals surface area contributed by atoms with Crippen molar-refractivity contribution in [3.8, 4) is 0 Å². The van der Waals surface area contributed by atoms with Gasteiger partial charge in [-0.15, -0.1) is 0 Å². The lowest BCUT2D eigenvalue weighted by molar-refractivity contribution is -0.902. The lowest BCUT2D eigenvalue weighted by Crippen LogP contribution is -3.14. The normalized spacial score (nSPS) is 15.7. The van der Waals surface area contributed by atoms with Crippen molar-refractivity contribution in [3.63, 3.8) is 0 Å². The molecule has 1 saturated heterocycles. The number of nitrogens with zero attached hydrogens (tertiary/aromatic N) is 3. The molecule has 2 aromatic rings. The minimum Gasteiger partial charge on any atom is -0.332 e. The highest BCUT2D eigenvalue weighted by molar-refractivity contribution is 5.96. The van der Waals surface area contributed by atoms with E-state index in [1.54, 1.807) is 4.90 Å². The first-order valence-electron chi connectivity index (χ1n) is 8.81. The van der Waals surface area contributed by atoms with E-state index in [-0.39, 0.29) is 5.91 Å². The molecular weight excluding hydrogens is 300 g/mol. The van der Waals surface area contributed by atoms with Crippen LogP contribution in [-0.2, 0) is 6.54 Å². The number of aryl methyl sites for hydroxylation is 1. The molecule has 5 heteroatoms. The number of likely N-dealkylation sites (N-methyl/N-ethyl adjacent to an activating group) is 1. The van der Waals surface area contributed by atoms with E-state index in [1.807, 2.05) is 41.6 Å². The third kappa shape index (κ3) is 3.36. The maximum Gasteiger partial charge on any atom is 0.258 e. The van der Waals surface area contributed by atoms with E-state index in [9.17, 15) is 4.79 Å². The SMILES string of the molecule is CC[NH+]1CCN(C(=O)c2c(C)nn(Cc3ccccc3)c2C)CC1. The number of piperazine rings is 1. The first-order valence-corrected chi connectivity index (χ1v) is 8.81. The van der Waals surface area contributed by atoms with Crippen LogP contribution in [0.5, 0.6) is 0 Å². The molecule has 0 spiro atoms. The highest BCUT2D eigenvalue weighted by Gasteiger charge is 2.27. The second-order valence-corrected chi connectivity index (χ2v) is 6.58. The van der Waals surface area contributed by atoms with Gasteiger partial charge in [-0.3, -0.25) is 9.48 Å². The Morgan fingerprint density at radius 3 is 2.46 bits per heavy atom. The molecule has 1 aliphatic rings. The van der Waals surface area contributed by atoms with E-state index in [4.69, 9.17) is 0 Å².